The van der Waals surface area contributed by atoms with Crippen LogP contribution in [0.2, 0.25) is 0 Å². The average Bonchev–Trinajstić information content (AvgIpc) is 3.43. The second-order valence-corrected chi connectivity index (χ2v) is 13.1. The lowest BCUT2D eigenvalue weighted by Gasteiger charge is -2.22. The number of fused-ring (bicyclic) bond motifs is 6. The second-order valence-electron chi connectivity index (χ2n) is 13.1. The molecule has 0 radical (unpaired) electrons. The van der Waals surface area contributed by atoms with Gasteiger partial charge >= 0.3 is 0 Å². The molecule has 5 nitrogen and oxygen atoms in total. The highest BCUT2D eigenvalue weighted by Crippen LogP contribution is 2.43. The van der Waals surface area contributed by atoms with Crippen LogP contribution >= 0.6 is 0 Å². The fourth-order valence-electron chi connectivity index (χ4n) is 7.39. The normalized spacial score (nSPS) is 14.8. The predicted octanol–water partition coefficient (Wildman–Crippen LogP) is 11.2. The van der Waals surface area contributed by atoms with Crippen LogP contribution in [0.15, 0.2) is 180 Å². The van der Waals surface area contributed by atoms with Crippen LogP contribution in [0.5, 0.6) is 11.5 Å². The van der Waals surface area contributed by atoms with Gasteiger partial charge in [0, 0.05) is 38.7 Å². The average molecular weight is 669 g/mol. The van der Waals surface area contributed by atoms with Gasteiger partial charge in [0.1, 0.15) is 23.2 Å². The zero-order chi connectivity index (χ0) is 34.4. The predicted molar refractivity (Wildman–Crippen MR) is 213 cm³/mol. The van der Waals surface area contributed by atoms with Gasteiger partial charge in [-0.1, -0.05) is 133 Å². The fraction of sp³-hybridized carbons (Fsp3) is 0.0213. The minimum absolute atomic E-state index is 0.348. The molecule has 0 saturated carbocycles. The lowest BCUT2D eigenvalue weighted by molar-refractivity contribution is 0.482. The van der Waals surface area contributed by atoms with Crippen LogP contribution in [0.3, 0.4) is 0 Å². The Morgan fingerprint density at radius 1 is 0.500 bits per heavy atom. The van der Waals surface area contributed by atoms with Gasteiger partial charge in [0.25, 0.3) is 0 Å². The summed E-state index contributed by atoms with van der Waals surface area (Å²) in [5.74, 6) is 3.32. The van der Waals surface area contributed by atoms with Crippen LogP contribution in [0, 0.1) is 0 Å². The summed E-state index contributed by atoms with van der Waals surface area (Å²) in [7, 11) is 0. The van der Waals surface area contributed by atoms with Gasteiger partial charge in [0.15, 0.2) is 6.17 Å². The zero-order valence-corrected chi connectivity index (χ0v) is 28.1. The van der Waals surface area contributed by atoms with Crippen molar-refractivity contribution >= 4 is 45.6 Å². The molecule has 0 fully saturated rings. The van der Waals surface area contributed by atoms with Crippen molar-refractivity contribution in [3.8, 4) is 28.3 Å². The molecule has 2 aliphatic rings. The van der Waals surface area contributed by atoms with E-state index in [0.717, 1.165) is 78.8 Å². The summed E-state index contributed by atoms with van der Waals surface area (Å²) in [5.41, 5.74) is 10.8. The lowest BCUT2D eigenvalue weighted by Crippen LogP contribution is -2.36. The van der Waals surface area contributed by atoms with E-state index in [1.807, 2.05) is 54.6 Å². The zero-order valence-electron chi connectivity index (χ0n) is 28.1. The molecule has 1 N–H and O–H groups in total. The summed E-state index contributed by atoms with van der Waals surface area (Å²) < 4.78 is 8.85. The number of hydrogen-bond donors (Lipinski definition) is 1. The summed E-state index contributed by atoms with van der Waals surface area (Å²) in [6.07, 6.45) is 4.00. The molecule has 8 aromatic rings. The largest absolute Gasteiger partial charge is 0.456 e. The van der Waals surface area contributed by atoms with E-state index in [9.17, 15) is 0 Å². The summed E-state index contributed by atoms with van der Waals surface area (Å²) >= 11 is 0. The van der Waals surface area contributed by atoms with Gasteiger partial charge < -0.3 is 14.6 Å². The van der Waals surface area contributed by atoms with Crippen LogP contribution < -0.4 is 10.1 Å². The van der Waals surface area contributed by atoms with Crippen molar-refractivity contribution in [1.29, 1.82) is 0 Å². The van der Waals surface area contributed by atoms with Crippen LogP contribution in [0.4, 0.5) is 0 Å². The Balaban J connectivity index is 1.06. The van der Waals surface area contributed by atoms with E-state index in [0.29, 0.717) is 0 Å². The summed E-state index contributed by atoms with van der Waals surface area (Å²) in [5, 5.41) is 5.92. The standard InChI is InChI=1S/C47H32N4O/c1-3-14-32(15-4-1)45-48-46(33-16-5-2-6-17-33)50-47(49-45)36-20-11-18-34(29-36)35-19-12-21-37(30-35)51-40-23-9-8-22-38(40)44-39-26-25-31-13-7-10-24-42(31)52-43(39)28-27-41(44)51/h1-30,45H,(H,48,49,50). The molecule has 246 valence electrons. The van der Waals surface area contributed by atoms with E-state index in [2.05, 4.69) is 137 Å². The first-order valence-electron chi connectivity index (χ1n) is 17.5. The number of aliphatic imine (C=N–C) groups is 2. The Labute approximate surface area is 301 Å². The van der Waals surface area contributed by atoms with Crippen LogP contribution in [-0.4, -0.2) is 16.2 Å². The molecule has 5 heteroatoms. The maximum Gasteiger partial charge on any atom is 0.169 e. The van der Waals surface area contributed by atoms with Crippen LogP contribution in [-0.2, 0) is 0 Å². The molecule has 0 spiro atoms. The molecule has 2 aliphatic heterocycles. The van der Waals surface area contributed by atoms with E-state index in [4.69, 9.17) is 14.7 Å². The van der Waals surface area contributed by atoms with Gasteiger partial charge in [0.05, 0.1) is 11.0 Å². The lowest BCUT2D eigenvalue weighted by atomic mass is 10.0. The summed E-state index contributed by atoms with van der Waals surface area (Å²) in [6.45, 7) is 0. The number of hydrogen-bond acceptors (Lipinski definition) is 4. The Hall–Kier alpha value is -6.98. The molecule has 0 aliphatic carbocycles. The second kappa shape index (κ2) is 12.4. The number of ether oxygens (including phenoxy) is 1. The molecule has 52 heavy (non-hydrogen) atoms. The van der Waals surface area contributed by atoms with Crippen molar-refractivity contribution in [3.05, 3.63) is 198 Å². The molecule has 10 rings (SSSR count). The number of nitrogens with one attached hydrogen (secondary N) is 1. The number of para-hydroxylation sites is 2. The third-order valence-corrected chi connectivity index (χ3v) is 9.87. The van der Waals surface area contributed by atoms with E-state index in [1.165, 1.54) is 10.8 Å². The SMILES string of the molecule is C1=Cc2c(ccc3c2c2ccccc2n3-c2cccc(-c3cccc(C4=NC(c5ccccc5)N=C(c5ccccc5)N4)c3)c2)Oc2ccccc21. The third kappa shape index (κ3) is 5.19. The van der Waals surface area contributed by atoms with Gasteiger partial charge in [0.2, 0.25) is 0 Å². The number of aromatic nitrogens is 1. The number of amidine groups is 2. The topological polar surface area (TPSA) is 50.9 Å². The van der Waals surface area contributed by atoms with Gasteiger partial charge in [-0.05, 0) is 65.2 Å². The van der Waals surface area contributed by atoms with Crippen LogP contribution in [0.25, 0.3) is 50.8 Å². The Bertz CT molecular complexity index is 2740. The Morgan fingerprint density at radius 3 is 2.04 bits per heavy atom. The highest BCUT2D eigenvalue weighted by Gasteiger charge is 2.22. The Kier molecular flexibility index (Phi) is 7.14. The highest BCUT2D eigenvalue weighted by molar-refractivity contribution is 6.16. The van der Waals surface area contributed by atoms with Crippen molar-refractivity contribution in [2.45, 2.75) is 6.17 Å². The van der Waals surface area contributed by atoms with Crippen LogP contribution in [0.1, 0.15) is 34.0 Å². The number of nitrogens with zero attached hydrogens (tertiary/aromatic N) is 3. The number of rotatable bonds is 5. The van der Waals surface area contributed by atoms with E-state index in [-0.39, 0.29) is 6.17 Å². The van der Waals surface area contributed by atoms with Crippen molar-refractivity contribution in [2.24, 2.45) is 9.98 Å². The van der Waals surface area contributed by atoms with Crippen molar-refractivity contribution in [1.82, 2.24) is 9.88 Å². The van der Waals surface area contributed by atoms with E-state index < -0.39 is 0 Å². The minimum atomic E-state index is -0.348. The first-order chi connectivity index (χ1) is 25.8. The number of benzene rings is 7. The molecule has 1 aromatic heterocycles. The summed E-state index contributed by atoms with van der Waals surface area (Å²) in [6, 6.07) is 59.0. The highest BCUT2D eigenvalue weighted by atomic mass is 16.5. The van der Waals surface area contributed by atoms with E-state index in [1.54, 1.807) is 0 Å². The maximum atomic E-state index is 6.48. The van der Waals surface area contributed by atoms with Gasteiger partial charge in [-0.2, -0.15) is 0 Å². The monoisotopic (exact) mass is 668 g/mol. The van der Waals surface area contributed by atoms with Gasteiger partial charge in [-0.3, -0.25) is 0 Å². The molecule has 0 bridgehead atoms. The fourth-order valence-corrected chi connectivity index (χ4v) is 7.39. The Morgan fingerprint density at radius 2 is 1.17 bits per heavy atom. The molecular formula is C47H32N4O. The van der Waals surface area contributed by atoms with Gasteiger partial charge in [-0.25, -0.2) is 9.98 Å². The minimum Gasteiger partial charge on any atom is -0.456 e. The van der Waals surface area contributed by atoms with Gasteiger partial charge in [-0.15, -0.1) is 0 Å². The molecule has 3 heterocycles. The molecule has 0 amide bonds. The summed E-state index contributed by atoms with van der Waals surface area (Å²) in [4.78, 5) is 10.1. The molecule has 1 atom stereocenters. The van der Waals surface area contributed by atoms with Crippen molar-refractivity contribution in [2.75, 3.05) is 0 Å². The quantitative estimate of drug-likeness (QED) is 0.198. The molecular weight excluding hydrogens is 637 g/mol. The maximum absolute atomic E-state index is 6.48. The van der Waals surface area contributed by atoms with E-state index >= 15 is 0 Å². The van der Waals surface area contributed by atoms with Crippen molar-refractivity contribution < 1.29 is 4.74 Å². The molecule has 0 saturated heterocycles. The third-order valence-electron chi connectivity index (χ3n) is 9.87. The molecule has 7 aromatic carbocycles. The smallest absolute Gasteiger partial charge is 0.169 e. The molecule has 1 unspecified atom stereocenters. The first kappa shape index (κ1) is 29.9. The first-order valence-corrected chi connectivity index (χ1v) is 17.5. The van der Waals surface area contributed by atoms with Crippen molar-refractivity contribution in [3.63, 3.8) is 0 Å².